The number of esters is 1. The number of rotatable bonds is 12. The number of carbonyl (C=O) groups excluding carboxylic acids is 5. The van der Waals surface area contributed by atoms with E-state index in [2.05, 4.69) is 66.2 Å². The van der Waals surface area contributed by atoms with Crippen LogP contribution in [-0.2, 0) is 61.1 Å². The summed E-state index contributed by atoms with van der Waals surface area (Å²) in [6.07, 6.45) is 6.09. The maximum Gasteiger partial charge on any atom is 0.324 e. The van der Waals surface area contributed by atoms with Crippen molar-refractivity contribution in [3.63, 3.8) is 0 Å². The molecule has 5 atom stereocenters. The van der Waals surface area contributed by atoms with Gasteiger partial charge in [0.25, 0.3) is 5.91 Å². The van der Waals surface area contributed by atoms with E-state index < -0.39 is 47.2 Å². The van der Waals surface area contributed by atoms with Crippen molar-refractivity contribution in [2.24, 2.45) is 11.3 Å². The Labute approximate surface area is 411 Å². The summed E-state index contributed by atoms with van der Waals surface area (Å²) >= 11 is 0. The van der Waals surface area contributed by atoms with Crippen molar-refractivity contribution in [1.29, 1.82) is 0 Å². The van der Waals surface area contributed by atoms with E-state index in [1.54, 1.807) is 26.2 Å². The van der Waals surface area contributed by atoms with Gasteiger partial charge in [0.15, 0.2) is 0 Å². The van der Waals surface area contributed by atoms with Crippen molar-refractivity contribution in [3.05, 3.63) is 107 Å². The molecule has 3 aliphatic rings. The van der Waals surface area contributed by atoms with E-state index in [4.69, 9.17) is 4.74 Å². The van der Waals surface area contributed by atoms with Crippen LogP contribution in [0.5, 0.6) is 5.75 Å². The predicted molar refractivity (Wildman–Crippen MR) is 269 cm³/mol. The van der Waals surface area contributed by atoms with E-state index >= 15 is 0 Å². The summed E-state index contributed by atoms with van der Waals surface area (Å²) in [6, 6.07) is 20.1. The number of hydrogen-bond acceptors (Lipinski definition) is 10. The summed E-state index contributed by atoms with van der Waals surface area (Å²) < 4.78 is 8.43. The molecule has 1 unspecified atom stereocenters. The molecule has 5 heterocycles. The molecule has 0 radical (unpaired) electrons. The van der Waals surface area contributed by atoms with Crippen LogP contribution in [0.25, 0.3) is 33.3 Å². The Bertz CT molecular complexity index is 2770. The van der Waals surface area contributed by atoms with Crippen LogP contribution >= 0.6 is 0 Å². The topological polar surface area (TPSA) is 169 Å². The number of benzene rings is 3. The summed E-state index contributed by atoms with van der Waals surface area (Å²) in [5.41, 5.74) is 11.3. The SMILES string of the molecule is CCc1ccncc1-c1c2c3cc(ccc3n1CC)-c1cc(O)cc(c1)C[C@H](NC(=O)[C@H](C(C)C)N(C)C(=O)CN(C)C(=O)[C@H]1CN1Cc1ccccc1)C(=O)N1CCC[C@H](N1)C(=O)OCC(C)(C)C2. The molecule has 15 heteroatoms. The van der Waals surface area contributed by atoms with Crippen LogP contribution in [0.1, 0.15) is 76.6 Å². The molecule has 0 saturated carbocycles. The summed E-state index contributed by atoms with van der Waals surface area (Å²) in [4.78, 5) is 80.0. The number of pyridine rings is 1. The number of amides is 4. The van der Waals surface area contributed by atoms with E-state index in [1.807, 2.05) is 73.6 Å². The van der Waals surface area contributed by atoms with Crippen molar-refractivity contribution < 1.29 is 33.8 Å². The Morgan fingerprint density at radius 3 is 2.50 bits per heavy atom. The molecule has 6 bridgehead atoms. The Morgan fingerprint density at radius 1 is 1.00 bits per heavy atom. The summed E-state index contributed by atoms with van der Waals surface area (Å²) in [5, 5.41) is 16.8. The average molecular weight is 953 g/mol. The van der Waals surface area contributed by atoms with Crippen molar-refractivity contribution in [2.75, 3.05) is 40.3 Å². The molecule has 2 saturated heterocycles. The first kappa shape index (κ1) is 49.8. The number of hydrogen-bond donors (Lipinski definition) is 3. The number of phenols is 1. The van der Waals surface area contributed by atoms with Crippen molar-refractivity contribution in [2.45, 2.75) is 111 Å². The Kier molecular flexibility index (Phi) is 14.8. The van der Waals surface area contributed by atoms with E-state index in [1.165, 1.54) is 20.4 Å². The number of aromatic hydroxyl groups is 1. The lowest BCUT2D eigenvalue weighted by Crippen LogP contribution is -2.62. The minimum absolute atomic E-state index is 0.00649. The Hall–Kier alpha value is -6.58. The van der Waals surface area contributed by atoms with Crippen LogP contribution in [0.3, 0.4) is 0 Å². The minimum atomic E-state index is -1.18. The van der Waals surface area contributed by atoms with Gasteiger partial charge < -0.3 is 29.5 Å². The number of carbonyl (C=O) groups is 5. The number of phenolic OH excluding ortho intramolecular Hbond substituents is 1. The molecular weight excluding hydrogens is 885 g/mol. The molecule has 370 valence electrons. The first-order chi connectivity index (χ1) is 33.5. The van der Waals surface area contributed by atoms with Gasteiger partial charge in [-0.2, -0.15) is 0 Å². The zero-order valence-electron chi connectivity index (χ0n) is 41.8. The predicted octanol–water partition coefficient (Wildman–Crippen LogP) is 6.13. The van der Waals surface area contributed by atoms with Crippen molar-refractivity contribution >= 4 is 40.5 Å². The van der Waals surface area contributed by atoms with Gasteiger partial charge in [-0.1, -0.05) is 77.1 Å². The molecule has 5 aromatic rings. The zero-order chi connectivity index (χ0) is 50.0. The summed E-state index contributed by atoms with van der Waals surface area (Å²) in [5.74, 6) is -2.50. The number of cyclic esters (lactones) is 1. The molecule has 4 amide bonds. The zero-order valence-corrected chi connectivity index (χ0v) is 41.8. The second-order valence-corrected chi connectivity index (χ2v) is 20.4. The van der Waals surface area contributed by atoms with Crippen LogP contribution in [0.15, 0.2) is 85.2 Å². The summed E-state index contributed by atoms with van der Waals surface area (Å²) in [7, 11) is 3.14. The molecule has 3 aromatic carbocycles. The number of fused-ring (bicyclic) bond motifs is 6. The van der Waals surface area contributed by atoms with Crippen LogP contribution in [0.4, 0.5) is 0 Å². The number of hydrazine groups is 1. The third kappa shape index (κ3) is 10.8. The number of aromatic nitrogens is 2. The highest BCUT2D eigenvalue weighted by molar-refractivity contribution is 5.96. The van der Waals surface area contributed by atoms with E-state index in [0.29, 0.717) is 44.5 Å². The molecule has 8 rings (SSSR count). The number of nitrogens with zero attached hydrogens (tertiary/aromatic N) is 6. The van der Waals surface area contributed by atoms with Crippen molar-refractivity contribution in [1.82, 2.24) is 40.0 Å². The smallest absolute Gasteiger partial charge is 0.324 e. The Balaban J connectivity index is 1.11. The summed E-state index contributed by atoms with van der Waals surface area (Å²) in [6.45, 7) is 14.2. The van der Waals surface area contributed by atoms with Gasteiger partial charge in [-0.15, -0.1) is 0 Å². The van der Waals surface area contributed by atoms with E-state index in [-0.39, 0.29) is 49.7 Å². The molecule has 3 N–H and O–H groups in total. The molecule has 2 fully saturated rings. The van der Waals surface area contributed by atoms with Crippen LogP contribution in [0, 0.1) is 11.3 Å². The molecule has 0 spiro atoms. The third-order valence-corrected chi connectivity index (χ3v) is 14.1. The van der Waals surface area contributed by atoms with E-state index in [9.17, 15) is 29.1 Å². The maximum absolute atomic E-state index is 14.8. The lowest BCUT2D eigenvalue weighted by molar-refractivity contribution is -0.155. The number of nitrogens with one attached hydrogen (secondary N) is 2. The van der Waals surface area contributed by atoms with Crippen LogP contribution < -0.4 is 10.7 Å². The minimum Gasteiger partial charge on any atom is -0.508 e. The normalized spacial score (nSPS) is 20.6. The van der Waals surface area contributed by atoms with Crippen LogP contribution in [-0.4, -0.2) is 128 Å². The number of aryl methyl sites for hydroxylation is 2. The fourth-order valence-electron chi connectivity index (χ4n) is 10.3. The second-order valence-electron chi connectivity index (χ2n) is 20.4. The fraction of sp³-hybridized carbons (Fsp3) is 0.455. The van der Waals surface area contributed by atoms with Gasteiger partial charge in [-0.25, -0.2) is 5.43 Å². The van der Waals surface area contributed by atoms with Gasteiger partial charge >= 0.3 is 5.97 Å². The van der Waals surface area contributed by atoms with Gasteiger partial charge in [-0.3, -0.25) is 38.9 Å². The monoisotopic (exact) mass is 953 g/mol. The average Bonchev–Trinajstić information content (AvgIpc) is 4.04. The quantitative estimate of drug-likeness (QED) is 0.0978. The fourth-order valence-corrected chi connectivity index (χ4v) is 10.3. The Morgan fingerprint density at radius 2 is 1.77 bits per heavy atom. The second kappa shape index (κ2) is 20.8. The lowest BCUT2D eigenvalue weighted by Gasteiger charge is -2.37. The highest BCUT2D eigenvalue weighted by Crippen LogP contribution is 2.41. The highest BCUT2D eigenvalue weighted by atomic mass is 16.5. The molecule has 70 heavy (non-hydrogen) atoms. The van der Waals surface area contributed by atoms with Gasteiger partial charge in [0.1, 0.15) is 29.9 Å². The molecule has 3 aliphatic heterocycles. The highest BCUT2D eigenvalue weighted by Gasteiger charge is 2.43. The standard InChI is InChI=1S/C55H68N8O7/c1-9-37-20-21-56-29-43(37)50-42-28-55(5,6)33-70-54(69)44-17-14-22-63(58-44)52(67)45(25-36-23-39(26-40(64)24-36)38-18-19-46(41(42)27-38)62(50)10-2)57-51(66)49(34(3)4)60(8)48(65)32-59(7)53(68)47-31-61(47)30-35-15-12-11-13-16-35/h11-13,15-16,18-21,23-24,26-27,29,34,44-45,47,49,58,64H,9-10,14,17,22,25,28,30-33H2,1-8H3,(H,57,66)/t44-,45-,47+,49-,61?/m0/s1. The van der Waals surface area contributed by atoms with Crippen molar-refractivity contribution in [3.8, 4) is 28.1 Å². The maximum atomic E-state index is 14.8. The molecule has 2 aromatic heterocycles. The van der Waals surface area contributed by atoms with Gasteiger partial charge in [-0.05, 0) is 102 Å². The van der Waals surface area contributed by atoms with Gasteiger partial charge in [0, 0.05) is 81.0 Å². The van der Waals surface area contributed by atoms with Gasteiger partial charge in [0.2, 0.25) is 17.7 Å². The molecular formula is C55H68N8O7. The number of ether oxygens (including phenoxy) is 1. The van der Waals surface area contributed by atoms with Gasteiger partial charge in [0.05, 0.1) is 18.8 Å². The largest absolute Gasteiger partial charge is 0.508 e. The van der Waals surface area contributed by atoms with Crippen LogP contribution in [0.2, 0.25) is 0 Å². The third-order valence-electron chi connectivity index (χ3n) is 14.1. The number of likely N-dealkylation sites (N-methyl/N-ethyl adjacent to an activating group) is 2. The van der Waals surface area contributed by atoms with E-state index in [0.717, 1.165) is 50.8 Å². The lowest BCUT2D eigenvalue weighted by atomic mass is 9.84. The molecule has 15 nitrogen and oxygen atoms in total. The first-order valence-electron chi connectivity index (χ1n) is 24.7. The first-order valence-corrected chi connectivity index (χ1v) is 24.7. The molecule has 0 aliphatic carbocycles.